The number of hydrogen-bond donors (Lipinski definition) is 0. The van der Waals surface area contributed by atoms with E-state index in [2.05, 4.69) is 127 Å². The summed E-state index contributed by atoms with van der Waals surface area (Å²) in [5.74, 6) is 0.530. The lowest BCUT2D eigenvalue weighted by molar-refractivity contribution is -0.168. The van der Waals surface area contributed by atoms with Crippen LogP contribution in [0.3, 0.4) is 0 Å². The number of nitrogens with zero attached hydrogens (tertiary/aromatic N) is 1. The Balaban J connectivity index is 1.55. The number of unbranched alkanes of at least 4 members (excludes halogenated alkanes) is 1. The van der Waals surface area contributed by atoms with Crippen LogP contribution in [0, 0.1) is 12.8 Å². The molecule has 1 fully saturated rings. The van der Waals surface area contributed by atoms with Crippen molar-refractivity contribution >= 4 is 36.1 Å². The van der Waals surface area contributed by atoms with Crippen LogP contribution in [0.25, 0.3) is 6.08 Å². The van der Waals surface area contributed by atoms with Gasteiger partial charge in [-0.05, 0) is 98.7 Å². The van der Waals surface area contributed by atoms with Gasteiger partial charge in [0.25, 0.3) is 8.32 Å². The maximum atomic E-state index is 7.70. The zero-order valence-corrected chi connectivity index (χ0v) is 30.5. The molecule has 3 atom stereocenters. The second kappa shape index (κ2) is 17.0. The minimum Gasteiger partial charge on any atom is -0.400 e. The highest BCUT2D eigenvalue weighted by Gasteiger charge is 2.51. The maximum absolute atomic E-state index is 7.70. The summed E-state index contributed by atoms with van der Waals surface area (Å²) in [6.45, 7) is 17.5. The Morgan fingerprint density at radius 2 is 1.71 bits per heavy atom. The SMILES string of the molecule is C/C(=C\CCC[C@H](C)COC1CCCCO1)C[C@H](O[Si](c1ccccc1)(c1ccccc1)C(C)(C)C)/C(C)=C/c1csc(C)n1. The van der Waals surface area contributed by atoms with Crippen LogP contribution in [-0.2, 0) is 13.9 Å². The number of benzene rings is 2. The first-order valence-electron chi connectivity index (χ1n) is 16.9. The minimum absolute atomic E-state index is 0.000281. The molecule has 1 unspecified atom stereocenters. The molecule has 2 aromatic carbocycles. The fourth-order valence-electron chi connectivity index (χ4n) is 6.36. The molecule has 2 heterocycles. The Morgan fingerprint density at radius 3 is 2.27 bits per heavy atom. The zero-order valence-electron chi connectivity index (χ0n) is 28.7. The van der Waals surface area contributed by atoms with Gasteiger partial charge < -0.3 is 13.9 Å². The van der Waals surface area contributed by atoms with Crippen molar-refractivity contribution in [3.8, 4) is 0 Å². The van der Waals surface area contributed by atoms with Gasteiger partial charge in [-0.15, -0.1) is 11.3 Å². The van der Waals surface area contributed by atoms with Crippen molar-refractivity contribution in [1.29, 1.82) is 0 Å². The molecular weight excluding hydrogens is 591 g/mol. The molecule has 4 rings (SSSR count). The number of ether oxygens (including phenoxy) is 2. The summed E-state index contributed by atoms with van der Waals surface area (Å²) in [5.41, 5.74) is 3.61. The summed E-state index contributed by atoms with van der Waals surface area (Å²) in [6.07, 6.45) is 12.2. The molecule has 6 heteroatoms. The third-order valence-corrected chi connectivity index (χ3v) is 14.7. The molecule has 1 aliphatic rings. The van der Waals surface area contributed by atoms with Gasteiger partial charge in [0.05, 0.1) is 23.4 Å². The largest absolute Gasteiger partial charge is 0.400 e. The fourth-order valence-corrected chi connectivity index (χ4v) is 11.6. The molecule has 0 amide bonds. The van der Waals surface area contributed by atoms with E-state index in [9.17, 15) is 0 Å². The van der Waals surface area contributed by atoms with Crippen molar-refractivity contribution in [2.75, 3.05) is 13.2 Å². The van der Waals surface area contributed by atoms with Crippen LogP contribution in [0.1, 0.15) is 97.2 Å². The van der Waals surface area contributed by atoms with Gasteiger partial charge in [0, 0.05) is 12.0 Å². The molecule has 3 aromatic rings. The van der Waals surface area contributed by atoms with E-state index < -0.39 is 8.32 Å². The average molecular weight is 646 g/mol. The summed E-state index contributed by atoms with van der Waals surface area (Å²) in [4.78, 5) is 4.76. The first-order chi connectivity index (χ1) is 21.6. The lowest BCUT2D eigenvalue weighted by Crippen LogP contribution is -2.67. The van der Waals surface area contributed by atoms with Crippen LogP contribution in [0.15, 0.2) is 83.3 Å². The Hall–Kier alpha value is -2.35. The third-order valence-electron chi connectivity index (χ3n) is 8.86. The number of aryl methyl sites for hydroxylation is 1. The molecule has 1 aliphatic heterocycles. The minimum atomic E-state index is -2.74. The highest BCUT2D eigenvalue weighted by molar-refractivity contribution is 7.09. The monoisotopic (exact) mass is 645 g/mol. The van der Waals surface area contributed by atoms with Crippen LogP contribution in [0.5, 0.6) is 0 Å². The maximum Gasteiger partial charge on any atom is 0.261 e. The van der Waals surface area contributed by atoms with Crippen molar-refractivity contribution in [2.45, 2.75) is 111 Å². The normalized spacial score (nSPS) is 18.2. The Labute approximate surface area is 278 Å². The van der Waals surface area contributed by atoms with Crippen molar-refractivity contribution in [1.82, 2.24) is 4.98 Å². The smallest absolute Gasteiger partial charge is 0.261 e. The van der Waals surface area contributed by atoms with E-state index >= 15 is 0 Å². The van der Waals surface area contributed by atoms with Gasteiger partial charge in [-0.3, -0.25) is 0 Å². The molecule has 1 saturated heterocycles. The molecule has 45 heavy (non-hydrogen) atoms. The van der Waals surface area contributed by atoms with Gasteiger partial charge >= 0.3 is 0 Å². The number of rotatable bonds is 15. The highest BCUT2D eigenvalue weighted by atomic mass is 32.1. The molecule has 0 bridgehead atoms. The van der Waals surface area contributed by atoms with Gasteiger partial charge in [-0.25, -0.2) is 4.98 Å². The second-order valence-electron chi connectivity index (χ2n) is 13.9. The van der Waals surface area contributed by atoms with E-state index in [1.807, 2.05) is 0 Å². The van der Waals surface area contributed by atoms with E-state index in [0.717, 1.165) is 62.4 Å². The molecule has 0 radical (unpaired) electrons. The summed E-state index contributed by atoms with van der Waals surface area (Å²) >= 11 is 1.70. The van der Waals surface area contributed by atoms with E-state index in [1.165, 1.54) is 27.9 Å². The van der Waals surface area contributed by atoms with Gasteiger partial charge in [0.15, 0.2) is 6.29 Å². The van der Waals surface area contributed by atoms with Crippen LogP contribution in [-0.4, -0.2) is 38.9 Å². The molecule has 244 valence electrons. The fraction of sp³-hybridized carbons (Fsp3) is 0.513. The van der Waals surface area contributed by atoms with Gasteiger partial charge in [-0.1, -0.05) is 100 Å². The van der Waals surface area contributed by atoms with Gasteiger partial charge in [0.1, 0.15) is 0 Å². The van der Waals surface area contributed by atoms with E-state index in [1.54, 1.807) is 11.3 Å². The quantitative estimate of drug-likeness (QED) is 0.0938. The number of thiazole rings is 1. The van der Waals surface area contributed by atoms with E-state index in [0.29, 0.717) is 5.92 Å². The summed E-state index contributed by atoms with van der Waals surface area (Å²) in [6, 6.07) is 21.9. The van der Waals surface area contributed by atoms with Crippen LogP contribution in [0.4, 0.5) is 0 Å². The van der Waals surface area contributed by atoms with Crippen molar-refractivity contribution in [3.05, 3.63) is 94.0 Å². The number of allylic oxidation sites excluding steroid dienone is 1. The molecule has 1 aromatic heterocycles. The predicted molar refractivity (Wildman–Crippen MR) is 194 cm³/mol. The summed E-state index contributed by atoms with van der Waals surface area (Å²) in [7, 11) is -2.74. The second-order valence-corrected chi connectivity index (χ2v) is 19.2. The van der Waals surface area contributed by atoms with E-state index in [-0.39, 0.29) is 17.4 Å². The Bertz CT molecular complexity index is 1320. The van der Waals surface area contributed by atoms with Gasteiger partial charge in [-0.2, -0.15) is 0 Å². The molecule has 0 spiro atoms. The predicted octanol–water partition coefficient (Wildman–Crippen LogP) is 9.49. The molecule has 4 nitrogen and oxygen atoms in total. The van der Waals surface area contributed by atoms with Gasteiger partial charge in [0.2, 0.25) is 0 Å². The van der Waals surface area contributed by atoms with Crippen LogP contribution < -0.4 is 10.4 Å². The van der Waals surface area contributed by atoms with Crippen molar-refractivity contribution in [3.63, 3.8) is 0 Å². The first kappa shape index (κ1) is 35.5. The van der Waals surface area contributed by atoms with Crippen molar-refractivity contribution in [2.24, 2.45) is 5.92 Å². The number of hydrogen-bond acceptors (Lipinski definition) is 5. The average Bonchev–Trinajstić information content (AvgIpc) is 3.45. The number of aromatic nitrogens is 1. The van der Waals surface area contributed by atoms with Crippen LogP contribution in [0.2, 0.25) is 5.04 Å². The lowest BCUT2D eigenvalue weighted by atomic mass is 10.00. The molecule has 0 N–H and O–H groups in total. The zero-order chi connectivity index (χ0) is 32.3. The molecule has 0 aliphatic carbocycles. The Kier molecular flexibility index (Phi) is 13.4. The van der Waals surface area contributed by atoms with Crippen molar-refractivity contribution < 1.29 is 13.9 Å². The van der Waals surface area contributed by atoms with E-state index in [4.69, 9.17) is 18.9 Å². The standard InChI is InChI=1S/C39H55NO3SSi/c1-30(18-14-15-19-31(2)28-42-38-24-16-17-25-41-38)26-37(32(3)27-34-29-44-33(4)40-34)43-45(39(5,6)7,35-20-10-8-11-21-35)36-22-12-9-13-23-36/h8-13,18,20-23,27,29,31,37-38H,14-17,19,24-26,28H2,1-7H3/b30-18+,32-27+/t31-,37-,38?/m0/s1. The third kappa shape index (κ3) is 10.1. The highest BCUT2D eigenvalue weighted by Crippen LogP contribution is 2.39. The van der Waals surface area contributed by atoms with Crippen LogP contribution >= 0.6 is 11.3 Å². The summed E-state index contributed by atoms with van der Waals surface area (Å²) in [5, 5.41) is 5.75. The molecule has 0 saturated carbocycles. The summed E-state index contributed by atoms with van der Waals surface area (Å²) < 4.78 is 19.5. The Morgan fingerprint density at radius 1 is 1.04 bits per heavy atom. The lowest BCUT2D eigenvalue weighted by Gasteiger charge is -2.45. The topological polar surface area (TPSA) is 40.6 Å². The first-order valence-corrected chi connectivity index (χ1v) is 19.7. The molecular formula is C39H55NO3SSi.